The predicted octanol–water partition coefficient (Wildman–Crippen LogP) is 1.58. The third kappa shape index (κ3) is 4.52. The summed E-state index contributed by atoms with van der Waals surface area (Å²) in [6, 6.07) is 5.80. The minimum Gasteiger partial charge on any atom is -0.389 e. The van der Waals surface area contributed by atoms with Gasteiger partial charge in [-0.25, -0.2) is 0 Å². The summed E-state index contributed by atoms with van der Waals surface area (Å²) >= 11 is 4.99. The fourth-order valence-electron chi connectivity index (χ4n) is 2.01. The maximum absolute atomic E-state index is 11.2. The van der Waals surface area contributed by atoms with Crippen molar-refractivity contribution in [3.8, 4) is 0 Å². The van der Waals surface area contributed by atoms with Gasteiger partial charge < -0.3 is 16.4 Å². The van der Waals surface area contributed by atoms with Crippen LogP contribution < -0.4 is 16.4 Å². The first-order valence-corrected chi connectivity index (χ1v) is 6.65. The minimum atomic E-state index is -0.336. The van der Waals surface area contributed by atoms with Crippen molar-refractivity contribution in [2.24, 2.45) is 17.4 Å². The van der Waals surface area contributed by atoms with E-state index >= 15 is 0 Å². The summed E-state index contributed by atoms with van der Waals surface area (Å²) in [6.45, 7) is 7.14. The number of primary amides is 1. The second-order valence-corrected chi connectivity index (χ2v) is 5.54. The zero-order valence-corrected chi connectivity index (χ0v) is 12.5. The lowest BCUT2D eigenvalue weighted by molar-refractivity contribution is -0.116. The number of benzene rings is 1. The largest absolute Gasteiger partial charge is 0.389 e. The molecule has 0 radical (unpaired) electrons. The van der Waals surface area contributed by atoms with E-state index in [1.807, 2.05) is 30.0 Å². The highest BCUT2D eigenvalue weighted by Crippen LogP contribution is 2.20. The summed E-state index contributed by atoms with van der Waals surface area (Å²) in [6.07, 6.45) is 0. The minimum absolute atomic E-state index is 0.212. The van der Waals surface area contributed by atoms with Gasteiger partial charge in [0.1, 0.15) is 4.99 Å². The molecule has 0 aliphatic carbocycles. The molecular formula is C14H21N3OS. The number of anilines is 1. The van der Waals surface area contributed by atoms with Crippen molar-refractivity contribution in [2.75, 3.05) is 18.0 Å². The number of carbonyl (C=O) groups excluding carboxylic acids is 1. The molecule has 0 saturated heterocycles. The Morgan fingerprint density at radius 2 is 2.00 bits per heavy atom. The van der Waals surface area contributed by atoms with Gasteiger partial charge in [0.15, 0.2) is 0 Å². The second kappa shape index (κ2) is 6.52. The molecule has 1 amide bonds. The number of nitrogens with zero attached hydrogens (tertiary/aromatic N) is 1. The average molecular weight is 279 g/mol. The molecule has 4 nitrogen and oxygen atoms in total. The third-order valence-electron chi connectivity index (χ3n) is 2.77. The summed E-state index contributed by atoms with van der Waals surface area (Å²) in [5.74, 6) is 0.103. The Bertz CT molecular complexity index is 486. The maximum Gasteiger partial charge on any atom is 0.236 e. The highest BCUT2D eigenvalue weighted by molar-refractivity contribution is 7.80. The van der Waals surface area contributed by atoms with Crippen LogP contribution in [0.25, 0.3) is 0 Å². The lowest BCUT2D eigenvalue weighted by atomic mass is 10.1. The third-order valence-corrected chi connectivity index (χ3v) is 2.99. The summed E-state index contributed by atoms with van der Waals surface area (Å²) in [5, 5.41) is 0. The molecule has 0 saturated carbocycles. The lowest BCUT2D eigenvalue weighted by Gasteiger charge is -2.26. The highest BCUT2D eigenvalue weighted by atomic mass is 32.1. The maximum atomic E-state index is 11.2. The van der Waals surface area contributed by atoms with Crippen LogP contribution in [-0.2, 0) is 4.79 Å². The van der Waals surface area contributed by atoms with Crippen LogP contribution in [0.5, 0.6) is 0 Å². The molecular weight excluding hydrogens is 258 g/mol. The lowest BCUT2D eigenvalue weighted by Crippen LogP contribution is -2.36. The number of nitrogens with two attached hydrogens (primary N) is 2. The van der Waals surface area contributed by atoms with Crippen LogP contribution in [0.4, 0.5) is 5.69 Å². The van der Waals surface area contributed by atoms with E-state index in [-0.39, 0.29) is 12.5 Å². The Labute approximate surface area is 119 Å². The molecule has 104 valence electrons. The van der Waals surface area contributed by atoms with Crippen molar-refractivity contribution in [1.29, 1.82) is 0 Å². The van der Waals surface area contributed by atoms with Gasteiger partial charge in [-0.3, -0.25) is 4.79 Å². The summed E-state index contributed by atoms with van der Waals surface area (Å²) in [5.41, 5.74) is 13.8. The van der Waals surface area contributed by atoms with Crippen LogP contribution in [-0.4, -0.2) is 24.0 Å². The predicted molar refractivity (Wildman–Crippen MR) is 83.3 cm³/mol. The topological polar surface area (TPSA) is 72.3 Å². The Morgan fingerprint density at radius 3 is 2.42 bits per heavy atom. The zero-order valence-electron chi connectivity index (χ0n) is 11.6. The van der Waals surface area contributed by atoms with Gasteiger partial charge in [0.2, 0.25) is 5.91 Å². The molecule has 0 spiro atoms. The Balaban J connectivity index is 3.05. The number of carbonyl (C=O) groups is 1. The highest BCUT2D eigenvalue weighted by Gasteiger charge is 2.13. The van der Waals surface area contributed by atoms with Crippen molar-refractivity contribution < 1.29 is 4.79 Å². The fraction of sp³-hybridized carbons (Fsp3) is 0.429. The van der Waals surface area contributed by atoms with Gasteiger partial charge in [-0.15, -0.1) is 0 Å². The van der Waals surface area contributed by atoms with E-state index in [2.05, 4.69) is 13.8 Å². The first-order chi connectivity index (χ1) is 8.81. The summed E-state index contributed by atoms with van der Waals surface area (Å²) < 4.78 is 0. The molecule has 0 fully saturated rings. The molecule has 0 aliphatic heterocycles. The number of aryl methyl sites for hydroxylation is 1. The SMILES string of the molecule is Cc1cc(N(CC(N)=O)CC(C)C)ccc1C(N)=S. The van der Waals surface area contributed by atoms with Crippen molar-refractivity contribution in [3.63, 3.8) is 0 Å². The molecule has 1 aromatic carbocycles. The molecule has 0 heterocycles. The summed E-state index contributed by atoms with van der Waals surface area (Å²) in [4.78, 5) is 13.5. The monoisotopic (exact) mass is 279 g/mol. The zero-order chi connectivity index (χ0) is 14.6. The van der Waals surface area contributed by atoms with Crippen LogP contribution >= 0.6 is 12.2 Å². The average Bonchev–Trinajstić information content (AvgIpc) is 2.26. The second-order valence-electron chi connectivity index (χ2n) is 5.10. The molecule has 0 atom stereocenters. The van der Waals surface area contributed by atoms with Crippen molar-refractivity contribution in [1.82, 2.24) is 0 Å². The van der Waals surface area contributed by atoms with E-state index in [4.69, 9.17) is 23.7 Å². The number of amides is 1. The van der Waals surface area contributed by atoms with Gasteiger partial charge in [-0.05, 0) is 36.6 Å². The molecule has 0 aromatic heterocycles. The van der Waals surface area contributed by atoms with Crippen molar-refractivity contribution in [3.05, 3.63) is 29.3 Å². The van der Waals surface area contributed by atoms with Gasteiger partial charge in [0.25, 0.3) is 0 Å². The van der Waals surface area contributed by atoms with Gasteiger partial charge in [-0.2, -0.15) is 0 Å². The molecule has 1 aromatic rings. The summed E-state index contributed by atoms with van der Waals surface area (Å²) in [7, 11) is 0. The van der Waals surface area contributed by atoms with E-state index in [1.54, 1.807) is 0 Å². The van der Waals surface area contributed by atoms with Crippen molar-refractivity contribution >= 4 is 28.8 Å². The van der Waals surface area contributed by atoms with E-state index < -0.39 is 0 Å². The Hall–Kier alpha value is -1.62. The number of hydrogen-bond donors (Lipinski definition) is 2. The molecule has 4 N–H and O–H groups in total. The standard InChI is InChI=1S/C14H21N3OS/c1-9(2)7-17(8-13(15)18)11-4-5-12(14(16)19)10(3)6-11/h4-6,9H,7-8H2,1-3H3,(H2,15,18)(H2,16,19). The van der Waals surface area contributed by atoms with E-state index in [0.29, 0.717) is 10.9 Å². The van der Waals surface area contributed by atoms with Crippen molar-refractivity contribution in [2.45, 2.75) is 20.8 Å². The Kier molecular flexibility index (Phi) is 5.30. The first-order valence-electron chi connectivity index (χ1n) is 6.25. The molecule has 19 heavy (non-hydrogen) atoms. The number of hydrogen-bond acceptors (Lipinski definition) is 3. The molecule has 0 aliphatic rings. The van der Waals surface area contributed by atoms with Gasteiger partial charge >= 0.3 is 0 Å². The normalized spacial score (nSPS) is 10.5. The smallest absolute Gasteiger partial charge is 0.236 e. The van der Waals surface area contributed by atoms with E-state index in [1.165, 1.54) is 0 Å². The molecule has 0 bridgehead atoms. The van der Waals surface area contributed by atoms with Crippen LogP contribution in [0.1, 0.15) is 25.0 Å². The number of rotatable bonds is 6. The van der Waals surface area contributed by atoms with Gasteiger partial charge in [0.05, 0.1) is 6.54 Å². The quantitative estimate of drug-likeness (QED) is 0.775. The number of thiocarbonyl (C=S) groups is 1. The van der Waals surface area contributed by atoms with Gasteiger partial charge in [-0.1, -0.05) is 26.1 Å². The van der Waals surface area contributed by atoms with Crippen LogP contribution in [0.15, 0.2) is 18.2 Å². The van der Waals surface area contributed by atoms with E-state index in [9.17, 15) is 4.79 Å². The van der Waals surface area contributed by atoms with Crippen LogP contribution in [0.3, 0.4) is 0 Å². The van der Waals surface area contributed by atoms with Crippen LogP contribution in [0.2, 0.25) is 0 Å². The molecule has 1 rings (SSSR count). The van der Waals surface area contributed by atoms with Gasteiger partial charge in [0, 0.05) is 17.8 Å². The fourth-order valence-corrected chi connectivity index (χ4v) is 2.24. The molecule has 0 unspecified atom stereocenters. The first kappa shape index (κ1) is 15.4. The van der Waals surface area contributed by atoms with Crippen LogP contribution in [0, 0.1) is 12.8 Å². The van der Waals surface area contributed by atoms with E-state index in [0.717, 1.165) is 23.4 Å². The Morgan fingerprint density at radius 1 is 1.37 bits per heavy atom. The molecule has 5 heteroatoms.